The maximum Gasteiger partial charge on any atom is 0.215 e. The second-order valence-electron chi connectivity index (χ2n) is 5.75. The molecule has 1 aromatic carbocycles. The van der Waals surface area contributed by atoms with Gasteiger partial charge in [-0.1, -0.05) is 24.3 Å². The largest absolute Gasteiger partial charge is 0.356 e. The molecule has 0 saturated carbocycles. The highest BCUT2D eigenvalue weighted by molar-refractivity contribution is 7.88. The van der Waals surface area contributed by atoms with Crippen molar-refractivity contribution in [3.63, 3.8) is 0 Å². The zero-order valence-electron chi connectivity index (χ0n) is 15.2. The Morgan fingerprint density at radius 3 is 2.69 bits per heavy atom. The van der Waals surface area contributed by atoms with Crippen LogP contribution in [0.1, 0.15) is 21.0 Å². The van der Waals surface area contributed by atoms with Crippen molar-refractivity contribution in [2.75, 3.05) is 20.6 Å². The zero-order chi connectivity index (χ0) is 19.0. The van der Waals surface area contributed by atoms with E-state index >= 15 is 0 Å². The van der Waals surface area contributed by atoms with Crippen molar-refractivity contribution in [1.82, 2.24) is 20.3 Å². The van der Waals surface area contributed by atoms with Crippen LogP contribution in [0, 0.1) is 6.92 Å². The molecule has 1 aromatic heterocycles. The molecule has 1 heterocycles. The molecule has 9 heteroatoms. The molecule has 2 rings (SSSR count). The van der Waals surface area contributed by atoms with E-state index in [1.54, 1.807) is 18.4 Å². The number of nitrogens with zero attached hydrogens (tertiary/aromatic N) is 2. The van der Waals surface area contributed by atoms with Crippen molar-refractivity contribution < 1.29 is 8.42 Å². The number of thiazole rings is 1. The monoisotopic (exact) mass is 395 g/mol. The first-order chi connectivity index (χ1) is 12.4. The van der Waals surface area contributed by atoms with Gasteiger partial charge in [0.25, 0.3) is 0 Å². The fourth-order valence-electron chi connectivity index (χ4n) is 2.33. The minimum absolute atomic E-state index is 0.0302. The second-order valence-corrected chi connectivity index (χ2v) is 9.00. The fourth-order valence-corrected chi connectivity index (χ4v) is 3.88. The van der Waals surface area contributed by atoms with Crippen molar-refractivity contribution in [2.24, 2.45) is 4.99 Å². The number of rotatable bonds is 8. The van der Waals surface area contributed by atoms with Gasteiger partial charge in [0.05, 0.1) is 10.8 Å². The van der Waals surface area contributed by atoms with Gasteiger partial charge in [-0.05, 0) is 25.1 Å². The normalized spacial score (nSPS) is 12.2. The summed E-state index contributed by atoms with van der Waals surface area (Å²) in [6.45, 7) is 3.35. The molecular weight excluding hydrogens is 370 g/mol. The highest BCUT2D eigenvalue weighted by Gasteiger charge is 2.09. The number of hydrogen-bond donors (Lipinski definition) is 3. The summed E-state index contributed by atoms with van der Waals surface area (Å²) in [5.41, 5.74) is 1.74. The fraction of sp³-hybridized carbons (Fsp3) is 0.412. The Morgan fingerprint density at radius 2 is 2.04 bits per heavy atom. The minimum atomic E-state index is -3.27. The average molecular weight is 396 g/mol. The molecule has 0 aliphatic heterocycles. The van der Waals surface area contributed by atoms with Crippen LogP contribution < -0.4 is 15.4 Å². The van der Waals surface area contributed by atoms with E-state index in [1.807, 2.05) is 37.4 Å². The Morgan fingerprint density at radius 1 is 1.27 bits per heavy atom. The first-order valence-electron chi connectivity index (χ1n) is 8.26. The number of guanidine groups is 1. The molecule has 0 spiro atoms. The molecule has 142 valence electrons. The van der Waals surface area contributed by atoms with Crippen molar-refractivity contribution in [1.29, 1.82) is 0 Å². The lowest BCUT2D eigenvalue weighted by atomic mass is 10.1. The second kappa shape index (κ2) is 9.65. The van der Waals surface area contributed by atoms with Gasteiger partial charge in [0, 0.05) is 37.6 Å². The maximum absolute atomic E-state index is 11.7. The van der Waals surface area contributed by atoms with Crippen LogP contribution in [-0.2, 0) is 28.7 Å². The third-order valence-electron chi connectivity index (χ3n) is 3.64. The Bertz CT molecular complexity index is 846. The van der Waals surface area contributed by atoms with E-state index in [0.29, 0.717) is 12.5 Å². The highest BCUT2D eigenvalue weighted by Crippen LogP contribution is 2.11. The van der Waals surface area contributed by atoms with Gasteiger partial charge >= 0.3 is 0 Å². The Balaban J connectivity index is 1.84. The van der Waals surface area contributed by atoms with Gasteiger partial charge in [0.2, 0.25) is 10.0 Å². The van der Waals surface area contributed by atoms with E-state index < -0.39 is 10.0 Å². The molecule has 0 bridgehead atoms. The van der Waals surface area contributed by atoms with Gasteiger partial charge in [-0.15, -0.1) is 11.3 Å². The quantitative estimate of drug-likeness (QED) is 0.464. The van der Waals surface area contributed by atoms with Crippen LogP contribution in [0.15, 0.2) is 35.5 Å². The molecule has 26 heavy (non-hydrogen) atoms. The standard InChI is InChI=1S/C17H25N5O2S2/c1-13-10-21-16(25-13)7-8-20-17(18-2)22-11-14-5-4-6-15(9-14)12-26(23,24)19-3/h4-6,9-10,19H,7-8,11-12H2,1-3H3,(H2,18,20,22). The predicted molar refractivity (Wildman–Crippen MR) is 107 cm³/mol. The number of aliphatic imine (C=N–C) groups is 1. The predicted octanol–water partition coefficient (Wildman–Crippen LogP) is 1.41. The van der Waals surface area contributed by atoms with E-state index in [4.69, 9.17) is 0 Å². The van der Waals surface area contributed by atoms with E-state index in [1.165, 1.54) is 11.9 Å². The van der Waals surface area contributed by atoms with Gasteiger partial charge in [0.1, 0.15) is 0 Å². The summed E-state index contributed by atoms with van der Waals surface area (Å²) in [6.07, 6.45) is 2.73. The van der Waals surface area contributed by atoms with Crippen LogP contribution in [0.4, 0.5) is 0 Å². The third-order valence-corrected chi connectivity index (χ3v) is 5.95. The number of aromatic nitrogens is 1. The van der Waals surface area contributed by atoms with Gasteiger partial charge in [-0.2, -0.15) is 0 Å². The number of hydrogen-bond acceptors (Lipinski definition) is 5. The van der Waals surface area contributed by atoms with Gasteiger partial charge in [-0.3, -0.25) is 4.99 Å². The average Bonchev–Trinajstić information content (AvgIpc) is 3.03. The van der Waals surface area contributed by atoms with Crippen LogP contribution in [-0.4, -0.2) is 40.0 Å². The van der Waals surface area contributed by atoms with Crippen LogP contribution in [0.2, 0.25) is 0 Å². The topological polar surface area (TPSA) is 95.5 Å². The molecule has 0 fully saturated rings. The summed E-state index contributed by atoms with van der Waals surface area (Å²) < 4.78 is 25.7. The zero-order valence-corrected chi connectivity index (χ0v) is 16.9. The molecule has 0 atom stereocenters. The Hall–Kier alpha value is -1.97. The molecule has 3 N–H and O–H groups in total. The molecule has 0 aliphatic rings. The van der Waals surface area contributed by atoms with Crippen LogP contribution in [0.25, 0.3) is 0 Å². The lowest BCUT2D eigenvalue weighted by molar-refractivity contribution is 0.587. The summed E-state index contributed by atoms with van der Waals surface area (Å²) in [4.78, 5) is 9.76. The summed E-state index contributed by atoms with van der Waals surface area (Å²) in [5.74, 6) is 0.670. The molecule has 0 amide bonds. The molecule has 7 nitrogen and oxygen atoms in total. The molecule has 0 aliphatic carbocycles. The third kappa shape index (κ3) is 6.74. The first kappa shape index (κ1) is 20.3. The smallest absolute Gasteiger partial charge is 0.215 e. The molecule has 0 saturated heterocycles. The number of nitrogens with one attached hydrogen (secondary N) is 3. The summed E-state index contributed by atoms with van der Waals surface area (Å²) in [5, 5.41) is 7.60. The van der Waals surface area contributed by atoms with E-state index in [9.17, 15) is 8.42 Å². The van der Waals surface area contributed by atoms with Crippen LogP contribution in [0.5, 0.6) is 0 Å². The lowest BCUT2D eigenvalue weighted by Gasteiger charge is -2.12. The summed E-state index contributed by atoms with van der Waals surface area (Å²) >= 11 is 1.70. The van der Waals surface area contributed by atoms with Gasteiger partial charge in [-0.25, -0.2) is 18.1 Å². The number of benzene rings is 1. The van der Waals surface area contributed by atoms with Crippen molar-refractivity contribution in [2.45, 2.75) is 25.6 Å². The summed E-state index contributed by atoms with van der Waals surface area (Å²) in [7, 11) is -0.132. The first-order valence-corrected chi connectivity index (χ1v) is 10.7. The molecule has 0 unspecified atom stereocenters. The van der Waals surface area contributed by atoms with Gasteiger partial charge < -0.3 is 10.6 Å². The lowest BCUT2D eigenvalue weighted by Crippen LogP contribution is -2.37. The van der Waals surface area contributed by atoms with Crippen molar-refractivity contribution in [3.05, 3.63) is 51.5 Å². The minimum Gasteiger partial charge on any atom is -0.356 e. The number of aryl methyl sites for hydroxylation is 1. The molecule has 2 aromatic rings. The Kier molecular flexibility index (Phi) is 7.55. The maximum atomic E-state index is 11.7. The van der Waals surface area contributed by atoms with Crippen molar-refractivity contribution >= 4 is 27.3 Å². The van der Waals surface area contributed by atoms with E-state index in [2.05, 4.69) is 25.3 Å². The Labute approximate surface area is 159 Å². The molecular formula is C17H25N5O2S2. The summed E-state index contributed by atoms with van der Waals surface area (Å²) in [6, 6.07) is 7.50. The molecule has 0 radical (unpaired) electrons. The van der Waals surface area contributed by atoms with Gasteiger partial charge in [0.15, 0.2) is 5.96 Å². The van der Waals surface area contributed by atoms with Crippen molar-refractivity contribution in [3.8, 4) is 0 Å². The number of sulfonamides is 1. The SMILES string of the molecule is CN=C(NCCc1ncc(C)s1)NCc1cccc(CS(=O)(=O)NC)c1. The van der Waals surface area contributed by atoms with E-state index in [-0.39, 0.29) is 5.75 Å². The van der Waals surface area contributed by atoms with Crippen LogP contribution in [0.3, 0.4) is 0 Å². The highest BCUT2D eigenvalue weighted by atomic mass is 32.2. The van der Waals surface area contributed by atoms with Crippen LogP contribution >= 0.6 is 11.3 Å². The van der Waals surface area contributed by atoms with E-state index in [0.717, 1.165) is 29.1 Å².